The predicted octanol–water partition coefficient (Wildman–Crippen LogP) is 4.53. The van der Waals surface area contributed by atoms with E-state index in [0.29, 0.717) is 39.3 Å². The Morgan fingerprint density at radius 1 is 0.829 bits per heavy atom. The van der Waals surface area contributed by atoms with Crippen LogP contribution >= 0.6 is 0 Å². The van der Waals surface area contributed by atoms with Gasteiger partial charge in [-0.3, -0.25) is 14.4 Å². The molecule has 0 radical (unpaired) electrons. The molecule has 3 aromatic carbocycles. The number of nitrogens with zero attached hydrogens (tertiary/aromatic N) is 1. The van der Waals surface area contributed by atoms with Crippen molar-refractivity contribution in [2.45, 2.75) is 6.92 Å². The van der Waals surface area contributed by atoms with Gasteiger partial charge < -0.3 is 19.2 Å². The molecule has 8 heteroatoms. The number of ketones is 1. The Hall–Kier alpha value is -4.59. The van der Waals surface area contributed by atoms with Crippen LogP contribution in [0.4, 0.5) is 5.69 Å². The molecule has 1 N–H and O–H groups in total. The Labute approximate surface area is 201 Å². The molecule has 1 aliphatic rings. The molecule has 176 valence electrons. The number of carbonyl (C=O) groups is 3. The van der Waals surface area contributed by atoms with Crippen LogP contribution < -0.4 is 19.1 Å². The number of rotatable bonds is 6. The monoisotopic (exact) mass is 470 g/mol. The van der Waals surface area contributed by atoms with Crippen molar-refractivity contribution in [2.75, 3.05) is 26.2 Å². The number of carbonyl (C=O) groups excluding carboxylic acids is 3. The van der Waals surface area contributed by atoms with Crippen LogP contribution in [0.3, 0.4) is 0 Å². The number of hydrogen-bond acceptors (Lipinski definition) is 6. The first-order chi connectivity index (χ1) is 16.9. The molecule has 0 bridgehead atoms. The number of H-pyrrole nitrogens is 1. The summed E-state index contributed by atoms with van der Waals surface area (Å²) in [7, 11) is 4.39. The van der Waals surface area contributed by atoms with Gasteiger partial charge in [0.1, 0.15) is 5.69 Å². The molecule has 0 spiro atoms. The van der Waals surface area contributed by atoms with Crippen LogP contribution in [-0.4, -0.2) is 43.9 Å². The maximum absolute atomic E-state index is 13.9. The van der Waals surface area contributed by atoms with Gasteiger partial charge in [-0.2, -0.15) is 0 Å². The zero-order chi connectivity index (χ0) is 24.9. The van der Waals surface area contributed by atoms with Crippen LogP contribution in [0.25, 0.3) is 10.9 Å². The number of ether oxygens (including phenoxy) is 3. The van der Waals surface area contributed by atoms with Gasteiger partial charge in [0.15, 0.2) is 11.5 Å². The fourth-order valence-electron chi connectivity index (χ4n) is 4.44. The van der Waals surface area contributed by atoms with E-state index in [1.807, 2.05) is 19.1 Å². The SMILES string of the molecule is COc1cc(C(=O)c2[nH]c3cc(C)ccc3c2N2C(=O)c3ccccc3C2=O)cc(OC)c1OC. The van der Waals surface area contributed by atoms with Crippen LogP contribution in [0.15, 0.2) is 54.6 Å². The lowest BCUT2D eigenvalue weighted by Gasteiger charge is -2.16. The molecule has 0 saturated heterocycles. The summed E-state index contributed by atoms with van der Waals surface area (Å²) in [6.07, 6.45) is 0. The molecular formula is C27H22N2O6. The third-order valence-electron chi connectivity index (χ3n) is 6.10. The van der Waals surface area contributed by atoms with Crippen molar-refractivity contribution < 1.29 is 28.6 Å². The number of anilines is 1. The summed E-state index contributed by atoms with van der Waals surface area (Å²) >= 11 is 0. The third kappa shape index (κ3) is 3.33. The van der Waals surface area contributed by atoms with Crippen molar-refractivity contribution in [3.05, 3.63) is 82.5 Å². The number of aryl methyl sites for hydroxylation is 1. The van der Waals surface area contributed by atoms with Gasteiger partial charge in [-0.15, -0.1) is 0 Å². The molecule has 2 heterocycles. The predicted molar refractivity (Wildman–Crippen MR) is 130 cm³/mol. The molecule has 35 heavy (non-hydrogen) atoms. The van der Waals surface area contributed by atoms with Gasteiger partial charge in [0, 0.05) is 16.5 Å². The summed E-state index contributed by atoms with van der Waals surface area (Å²) in [5.41, 5.74) is 2.74. The first-order valence-corrected chi connectivity index (χ1v) is 10.8. The molecule has 5 rings (SSSR count). The van der Waals surface area contributed by atoms with Crippen LogP contribution in [0.1, 0.15) is 42.3 Å². The Balaban J connectivity index is 1.73. The molecule has 4 aromatic rings. The second kappa shape index (κ2) is 8.32. The highest BCUT2D eigenvalue weighted by molar-refractivity contribution is 6.37. The second-order valence-corrected chi connectivity index (χ2v) is 8.13. The molecule has 1 aliphatic heterocycles. The highest BCUT2D eigenvalue weighted by Gasteiger charge is 2.40. The minimum atomic E-state index is -0.481. The van der Waals surface area contributed by atoms with Crippen LogP contribution in [0.5, 0.6) is 17.2 Å². The van der Waals surface area contributed by atoms with Crippen LogP contribution in [0.2, 0.25) is 0 Å². The summed E-state index contributed by atoms with van der Waals surface area (Å²) in [6.45, 7) is 1.92. The average Bonchev–Trinajstić information content (AvgIpc) is 3.36. The van der Waals surface area contributed by atoms with Crippen LogP contribution in [-0.2, 0) is 0 Å². The molecule has 0 aliphatic carbocycles. The van der Waals surface area contributed by atoms with E-state index in [1.54, 1.807) is 30.3 Å². The van der Waals surface area contributed by atoms with E-state index in [-0.39, 0.29) is 16.9 Å². The summed E-state index contributed by atoms with van der Waals surface area (Å²) < 4.78 is 16.2. The van der Waals surface area contributed by atoms with Gasteiger partial charge in [-0.25, -0.2) is 4.90 Å². The van der Waals surface area contributed by atoms with E-state index in [0.717, 1.165) is 10.5 Å². The van der Waals surface area contributed by atoms with Crippen LogP contribution in [0, 0.1) is 6.92 Å². The molecule has 2 amide bonds. The maximum Gasteiger partial charge on any atom is 0.266 e. The fourth-order valence-corrected chi connectivity index (χ4v) is 4.44. The maximum atomic E-state index is 13.9. The number of amides is 2. The van der Waals surface area contributed by atoms with E-state index in [9.17, 15) is 14.4 Å². The number of hydrogen-bond donors (Lipinski definition) is 1. The quantitative estimate of drug-likeness (QED) is 0.328. The normalized spacial score (nSPS) is 12.7. The number of fused-ring (bicyclic) bond motifs is 2. The molecule has 0 saturated carbocycles. The molecule has 8 nitrogen and oxygen atoms in total. The standard InChI is InChI=1S/C27H22N2O6/c1-14-9-10-18-19(11-14)28-22(23(18)29-26(31)16-7-5-6-8-17(16)27(29)32)24(30)15-12-20(33-2)25(35-4)21(13-15)34-3/h5-13,28H,1-4H3. The average molecular weight is 470 g/mol. The molecule has 0 atom stereocenters. The lowest BCUT2D eigenvalue weighted by Crippen LogP contribution is -2.30. The molecule has 0 unspecified atom stereocenters. The second-order valence-electron chi connectivity index (χ2n) is 8.13. The van der Waals surface area contributed by atoms with Crippen molar-refractivity contribution in [3.8, 4) is 17.2 Å². The smallest absolute Gasteiger partial charge is 0.266 e. The molecular weight excluding hydrogens is 448 g/mol. The van der Waals surface area contributed by atoms with E-state index in [1.165, 1.54) is 33.5 Å². The van der Waals surface area contributed by atoms with Crippen molar-refractivity contribution >= 4 is 34.2 Å². The van der Waals surface area contributed by atoms with Gasteiger partial charge in [-0.1, -0.05) is 24.3 Å². The van der Waals surface area contributed by atoms with Crippen molar-refractivity contribution in [2.24, 2.45) is 0 Å². The molecule has 0 fully saturated rings. The fraction of sp³-hybridized carbons (Fsp3) is 0.148. The largest absolute Gasteiger partial charge is 0.493 e. The summed E-state index contributed by atoms with van der Waals surface area (Å²) in [4.78, 5) is 44.8. The number of methoxy groups -OCH3 is 3. The highest BCUT2D eigenvalue weighted by Crippen LogP contribution is 2.41. The van der Waals surface area contributed by atoms with E-state index < -0.39 is 17.6 Å². The van der Waals surface area contributed by atoms with Gasteiger partial charge in [-0.05, 0) is 42.8 Å². The number of nitrogens with one attached hydrogen (secondary N) is 1. The van der Waals surface area contributed by atoms with Gasteiger partial charge >= 0.3 is 0 Å². The first-order valence-electron chi connectivity index (χ1n) is 10.8. The number of aromatic nitrogens is 1. The lowest BCUT2D eigenvalue weighted by atomic mass is 10.0. The van der Waals surface area contributed by atoms with Crippen molar-refractivity contribution in [1.29, 1.82) is 0 Å². The summed E-state index contributed by atoms with van der Waals surface area (Å²) in [5, 5.41) is 0.584. The minimum absolute atomic E-state index is 0.106. The number of aromatic amines is 1. The van der Waals surface area contributed by atoms with Gasteiger partial charge in [0.05, 0.1) is 38.1 Å². The molecule has 1 aromatic heterocycles. The zero-order valence-electron chi connectivity index (χ0n) is 19.6. The topological polar surface area (TPSA) is 97.9 Å². The van der Waals surface area contributed by atoms with Crippen molar-refractivity contribution in [1.82, 2.24) is 4.98 Å². The van der Waals surface area contributed by atoms with Gasteiger partial charge in [0.2, 0.25) is 11.5 Å². The Bertz CT molecular complexity index is 1470. The van der Waals surface area contributed by atoms with Crippen molar-refractivity contribution in [3.63, 3.8) is 0 Å². The van der Waals surface area contributed by atoms with E-state index in [2.05, 4.69) is 4.98 Å². The van der Waals surface area contributed by atoms with Gasteiger partial charge in [0.25, 0.3) is 11.8 Å². The lowest BCUT2D eigenvalue weighted by molar-refractivity contribution is 0.0926. The number of benzene rings is 3. The Morgan fingerprint density at radius 2 is 1.43 bits per heavy atom. The summed E-state index contributed by atoms with van der Waals surface area (Å²) in [6, 6.07) is 15.2. The van der Waals surface area contributed by atoms with E-state index >= 15 is 0 Å². The van der Waals surface area contributed by atoms with E-state index in [4.69, 9.17) is 14.2 Å². The first kappa shape index (κ1) is 22.2. The third-order valence-corrected chi connectivity index (χ3v) is 6.10. The number of imide groups is 1. The zero-order valence-corrected chi connectivity index (χ0v) is 19.6. The minimum Gasteiger partial charge on any atom is -0.493 e. The Morgan fingerprint density at radius 3 is 1.97 bits per heavy atom. The highest BCUT2D eigenvalue weighted by atomic mass is 16.5. The Kier molecular flexibility index (Phi) is 5.28. The summed E-state index contributed by atoms with van der Waals surface area (Å²) in [5.74, 6) is -0.435.